The molecule has 0 aliphatic rings. The molecule has 0 radical (unpaired) electrons. The molecule has 0 saturated carbocycles. The molecule has 136 valence electrons. The fraction of sp³-hybridized carbons (Fsp3) is 0.353. The standard InChI is InChI=1S/C17H21ClN2O3S2/c1-17(2,3)20-25(22,23)15-11-12(6-7-14(15)18)16(21)19-9-8-13-5-4-10-24-13/h4-7,10-11,20H,8-9H2,1-3H3,(H,19,21). The van der Waals surface area contributed by atoms with Crippen LogP contribution < -0.4 is 10.0 Å². The number of sulfonamides is 1. The predicted molar refractivity (Wildman–Crippen MR) is 102 cm³/mol. The van der Waals surface area contributed by atoms with Crippen molar-refractivity contribution in [2.24, 2.45) is 0 Å². The molecule has 1 amide bonds. The van der Waals surface area contributed by atoms with Crippen molar-refractivity contribution in [3.8, 4) is 0 Å². The smallest absolute Gasteiger partial charge is 0.251 e. The van der Waals surface area contributed by atoms with Crippen LogP contribution in [-0.4, -0.2) is 26.4 Å². The van der Waals surface area contributed by atoms with Crippen LogP contribution in [-0.2, 0) is 16.4 Å². The maximum atomic E-state index is 12.5. The van der Waals surface area contributed by atoms with Crippen LogP contribution in [0, 0.1) is 0 Å². The second-order valence-electron chi connectivity index (χ2n) is 6.59. The van der Waals surface area contributed by atoms with Crippen molar-refractivity contribution >= 4 is 38.9 Å². The van der Waals surface area contributed by atoms with Crippen LogP contribution in [0.15, 0.2) is 40.6 Å². The number of amides is 1. The van der Waals surface area contributed by atoms with E-state index < -0.39 is 15.6 Å². The molecule has 1 heterocycles. The van der Waals surface area contributed by atoms with Crippen molar-refractivity contribution in [2.75, 3.05) is 6.54 Å². The van der Waals surface area contributed by atoms with E-state index >= 15 is 0 Å². The molecule has 2 rings (SSSR count). The number of halogens is 1. The van der Waals surface area contributed by atoms with E-state index in [1.165, 1.54) is 23.1 Å². The zero-order valence-electron chi connectivity index (χ0n) is 14.3. The van der Waals surface area contributed by atoms with E-state index in [-0.39, 0.29) is 21.4 Å². The number of benzene rings is 1. The van der Waals surface area contributed by atoms with Crippen molar-refractivity contribution < 1.29 is 13.2 Å². The van der Waals surface area contributed by atoms with E-state index in [4.69, 9.17) is 11.6 Å². The normalized spacial score (nSPS) is 12.2. The van der Waals surface area contributed by atoms with Crippen LogP contribution in [0.5, 0.6) is 0 Å². The Labute approximate surface area is 157 Å². The van der Waals surface area contributed by atoms with Gasteiger partial charge in [0.2, 0.25) is 10.0 Å². The molecule has 2 aromatic rings. The second-order valence-corrected chi connectivity index (χ2v) is 9.68. The molecule has 1 aromatic heterocycles. The molecule has 0 saturated heterocycles. The van der Waals surface area contributed by atoms with Gasteiger partial charge in [-0.25, -0.2) is 13.1 Å². The van der Waals surface area contributed by atoms with Gasteiger partial charge < -0.3 is 5.32 Å². The first kappa shape index (κ1) is 19.9. The highest BCUT2D eigenvalue weighted by Crippen LogP contribution is 2.24. The molecule has 2 N–H and O–H groups in total. The summed E-state index contributed by atoms with van der Waals surface area (Å²) in [5.74, 6) is -0.333. The Morgan fingerprint density at radius 3 is 2.56 bits per heavy atom. The van der Waals surface area contributed by atoms with Crippen molar-refractivity contribution in [2.45, 2.75) is 37.6 Å². The fourth-order valence-electron chi connectivity index (χ4n) is 2.16. The van der Waals surface area contributed by atoms with Gasteiger partial charge in [-0.2, -0.15) is 0 Å². The van der Waals surface area contributed by atoms with E-state index in [2.05, 4.69) is 10.0 Å². The predicted octanol–water partition coefficient (Wildman–Crippen LogP) is 3.45. The Morgan fingerprint density at radius 1 is 1.24 bits per heavy atom. The van der Waals surface area contributed by atoms with E-state index in [1.807, 2.05) is 17.5 Å². The Morgan fingerprint density at radius 2 is 1.96 bits per heavy atom. The van der Waals surface area contributed by atoms with Gasteiger partial charge >= 0.3 is 0 Å². The third-order valence-corrected chi connectivity index (χ3v) is 6.34. The topological polar surface area (TPSA) is 75.3 Å². The number of hydrogen-bond acceptors (Lipinski definition) is 4. The third-order valence-electron chi connectivity index (χ3n) is 3.16. The highest BCUT2D eigenvalue weighted by molar-refractivity contribution is 7.89. The highest BCUT2D eigenvalue weighted by Gasteiger charge is 2.25. The molecule has 0 bridgehead atoms. The molecular formula is C17H21ClN2O3S2. The lowest BCUT2D eigenvalue weighted by Crippen LogP contribution is -2.40. The molecule has 1 aromatic carbocycles. The number of hydrogen-bond donors (Lipinski definition) is 2. The van der Waals surface area contributed by atoms with E-state index in [9.17, 15) is 13.2 Å². The van der Waals surface area contributed by atoms with Gasteiger partial charge in [-0.05, 0) is 56.8 Å². The van der Waals surface area contributed by atoms with Gasteiger partial charge in [-0.15, -0.1) is 11.3 Å². The zero-order chi connectivity index (χ0) is 18.7. The first-order chi connectivity index (χ1) is 11.6. The van der Waals surface area contributed by atoms with Gasteiger partial charge in [0.15, 0.2) is 0 Å². The average molecular weight is 401 g/mol. The van der Waals surface area contributed by atoms with Crippen LogP contribution in [0.1, 0.15) is 36.0 Å². The summed E-state index contributed by atoms with van der Waals surface area (Å²) in [6.07, 6.45) is 0.730. The Hall–Kier alpha value is -1.41. The Balaban J connectivity index is 2.13. The summed E-state index contributed by atoms with van der Waals surface area (Å²) in [6.45, 7) is 5.68. The van der Waals surface area contributed by atoms with Crippen molar-refractivity contribution in [1.82, 2.24) is 10.0 Å². The van der Waals surface area contributed by atoms with Crippen LogP contribution in [0.3, 0.4) is 0 Å². The van der Waals surface area contributed by atoms with Gasteiger partial charge in [-0.1, -0.05) is 17.7 Å². The lowest BCUT2D eigenvalue weighted by Gasteiger charge is -2.21. The largest absolute Gasteiger partial charge is 0.352 e. The lowest BCUT2D eigenvalue weighted by molar-refractivity contribution is 0.0954. The van der Waals surface area contributed by atoms with Gasteiger partial charge in [0, 0.05) is 22.5 Å². The highest BCUT2D eigenvalue weighted by atomic mass is 35.5. The minimum atomic E-state index is -3.82. The third kappa shape index (κ3) is 5.81. The molecule has 0 unspecified atom stereocenters. The van der Waals surface area contributed by atoms with Crippen LogP contribution in [0.4, 0.5) is 0 Å². The Kier molecular flexibility index (Phi) is 6.26. The minimum Gasteiger partial charge on any atom is -0.352 e. The maximum Gasteiger partial charge on any atom is 0.251 e. The molecular weight excluding hydrogens is 380 g/mol. The quantitative estimate of drug-likeness (QED) is 0.779. The minimum absolute atomic E-state index is 0.0758. The van der Waals surface area contributed by atoms with Gasteiger partial charge in [0.1, 0.15) is 4.90 Å². The Bertz CT molecular complexity index is 841. The lowest BCUT2D eigenvalue weighted by atomic mass is 10.1. The zero-order valence-corrected chi connectivity index (χ0v) is 16.7. The summed E-state index contributed by atoms with van der Waals surface area (Å²) in [6, 6.07) is 8.20. The summed E-state index contributed by atoms with van der Waals surface area (Å²) >= 11 is 7.66. The maximum absolute atomic E-state index is 12.5. The monoisotopic (exact) mass is 400 g/mol. The first-order valence-electron chi connectivity index (χ1n) is 7.72. The van der Waals surface area contributed by atoms with E-state index in [0.29, 0.717) is 6.54 Å². The fourth-order valence-corrected chi connectivity index (χ4v) is 4.82. The SMILES string of the molecule is CC(C)(C)NS(=O)(=O)c1cc(C(=O)NCCc2cccs2)ccc1Cl. The number of thiophene rings is 1. The molecule has 0 atom stereocenters. The van der Waals surface area contributed by atoms with Gasteiger partial charge in [-0.3, -0.25) is 4.79 Å². The summed E-state index contributed by atoms with van der Waals surface area (Å²) in [7, 11) is -3.82. The molecule has 0 fully saturated rings. The molecule has 0 aliphatic heterocycles. The van der Waals surface area contributed by atoms with E-state index in [1.54, 1.807) is 32.1 Å². The number of carbonyl (C=O) groups excluding carboxylic acids is 1. The van der Waals surface area contributed by atoms with Crippen LogP contribution in [0.2, 0.25) is 5.02 Å². The van der Waals surface area contributed by atoms with Crippen molar-refractivity contribution in [3.63, 3.8) is 0 Å². The van der Waals surface area contributed by atoms with Crippen molar-refractivity contribution in [3.05, 3.63) is 51.2 Å². The number of nitrogens with one attached hydrogen (secondary N) is 2. The molecule has 0 aliphatic carbocycles. The molecule has 8 heteroatoms. The van der Waals surface area contributed by atoms with E-state index in [0.717, 1.165) is 6.42 Å². The van der Waals surface area contributed by atoms with Crippen LogP contribution >= 0.6 is 22.9 Å². The second kappa shape index (κ2) is 7.86. The van der Waals surface area contributed by atoms with Crippen LogP contribution in [0.25, 0.3) is 0 Å². The van der Waals surface area contributed by atoms with Gasteiger partial charge in [0.05, 0.1) is 5.02 Å². The summed E-state index contributed by atoms with van der Waals surface area (Å²) in [5.41, 5.74) is -0.397. The number of carbonyl (C=O) groups is 1. The summed E-state index contributed by atoms with van der Waals surface area (Å²) in [4.78, 5) is 13.4. The summed E-state index contributed by atoms with van der Waals surface area (Å²) < 4.78 is 27.5. The molecule has 25 heavy (non-hydrogen) atoms. The molecule has 5 nitrogen and oxygen atoms in total. The number of rotatable bonds is 6. The van der Waals surface area contributed by atoms with Crippen molar-refractivity contribution in [1.29, 1.82) is 0 Å². The first-order valence-corrected chi connectivity index (χ1v) is 10.5. The summed E-state index contributed by atoms with van der Waals surface area (Å²) in [5, 5.41) is 4.85. The average Bonchev–Trinajstić information content (AvgIpc) is 2.98. The molecule has 0 spiro atoms. The van der Waals surface area contributed by atoms with Gasteiger partial charge in [0.25, 0.3) is 5.91 Å².